The van der Waals surface area contributed by atoms with Crippen LogP contribution >= 0.6 is 0 Å². The first-order valence-electron chi connectivity index (χ1n) is 11.8. The predicted octanol–water partition coefficient (Wildman–Crippen LogP) is 6.96. The van der Waals surface area contributed by atoms with Crippen LogP contribution in [-0.2, 0) is 25.7 Å². The summed E-state index contributed by atoms with van der Waals surface area (Å²) in [7, 11) is 0. The maximum absolute atomic E-state index is 6.49. The summed E-state index contributed by atoms with van der Waals surface area (Å²) in [6.45, 7) is 1.38. The average molecular weight is 423 g/mol. The standard InChI is InChI=1S/C30H30O2/c1-3-11-23(12-4-1)19-21-31-29-25-15-7-9-17-27(25)30(28-18-10-8-16-26(28)29)32-22-20-24-13-5-2-6-14-24/h1-7,9,11-15,17H,8,10,16,18-22H2. The number of hydrogen-bond acceptors (Lipinski definition) is 2. The molecule has 0 amide bonds. The van der Waals surface area contributed by atoms with Gasteiger partial charge in [-0.2, -0.15) is 0 Å². The molecule has 1 aliphatic rings. The summed E-state index contributed by atoms with van der Waals surface area (Å²) in [6.07, 6.45) is 6.39. The Hall–Kier alpha value is -3.26. The van der Waals surface area contributed by atoms with Crippen molar-refractivity contribution in [1.82, 2.24) is 0 Å². The lowest BCUT2D eigenvalue weighted by Gasteiger charge is -2.25. The topological polar surface area (TPSA) is 18.5 Å². The summed E-state index contributed by atoms with van der Waals surface area (Å²) in [5.41, 5.74) is 5.34. The monoisotopic (exact) mass is 422 g/mol. The molecule has 0 radical (unpaired) electrons. The van der Waals surface area contributed by atoms with Gasteiger partial charge in [-0.15, -0.1) is 0 Å². The minimum Gasteiger partial charge on any atom is -0.492 e. The Bertz CT molecular complexity index is 1070. The van der Waals surface area contributed by atoms with Gasteiger partial charge in [0.15, 0.2) is 0 Å². The van der Waals surface area contributed by atoms with E-state index in [1.807, 2.05) is 0 Å². The molecule has 2 nitrogen and oxygen atoms in total. The van der Waals surface area contributed by atoms with Crippen molar-refractivity contribution in [3.05, 3.63) is 107 Å². The van der Waals surface area contributed by atoms with Gasteiger partial charge >= 0.3 is 0 Å². The zero-order chi connectivity index (χ0) is 21.6. The van der Waals surface area contributed by atoms with E-state index in [0.717, 1.165) is 37.2 Å². The molecule has 0 aliphatic heterocycles. The summed E-state index contributed by atoms with van der Waals surface area (Å²) in [4.78, 5) is 0. The molecule has 0 unspecified atom stereocenters. The number of fused-ring (bicyclic) bond motifs is 2. The number of ether oxygens (including phenoxy) is 2. The Balaban J connectivity index is 1.43. The largest absolute Gasteiger partial charge is 0.492 e. The van der Waals surface area contributed by atoms with Gasteiger partial charge in [0.05, 0.1) is 13.2 Å². The number of benzene rings is 4. The van der Waals surface area contributed by atoms with E-state index in [0.29, 0.717) is 13.2 Å². The van der Waals surface area contributed by atoms with Crippen LogP contribution in [0.1, 0.15) is 35.1 Å². The van der Waals surface area contributed by atoms with E-state index in [4.69, 9.17) is 9.47 Å². The van der Waals surface area contributed by atoms with E-state index in [-0.39, 0.29) is 0 Å². The van der Waals surface area contributed by atoms with E-state index >= 15 is 0 Å². The molecule has 0 fully saturated rings. The second-order valence-corrected chi connectivity index (χ2v) is 8.54. The van der Waals surface area contributed by atoms with Gasteiger partial charge in [0.2, 0.25) is 0 Å². The normalized spacial score (nSPS) is 13.0. The summed E-state index contributed by atoms with van der Waals surface area (Å²) >= 11 is 0. The summed E-state index contributed by atoms with van der Waals surface area (Å²) in [5, 5.41) is 2.35. The molecule has 0 N–H and O–H groups in total. The highest BCUT2D eigenvalue weighted by molar-refractivity contribution is 5.96. The van der Waals surface area contributed by atoms with Gasteiger partial charge in [-0.25, -0.2) is 0 Å². The lowest BCUT2D eigenvalue weighted by Crippen LogP contribution is -2.12. The van der Waals surface area contributed by atoms with E-state index in [1.165, 1.54) is 45.9 Å². The zero-order valence-electron chi connectivity index (χ0n) is 18.6. The van der Waals surface area contributed by atoms with E-state index in [1.54, 1.807) is 0 Å². The van der Waals surface area contributed by atoms with Crippen molar-refractivity contribution in [2.75, 3.05) is 13.2 Å². The average Bonchev–Trinajstić information content (AvgIpc) is 2.86. The molecular formula is C30H30O2. The molecule has 0 heterocycles. The molecule has 32 heavy (non-hydrogen) atoms. The maximum atomic E-state index is 6.49. The van der Waals surface area contributed by atoms with Crippen molar-refractivity contribution in [2.45, 2.75) is 38.5 Å². The fourth-order valence-corrected chi connectivity index (χ4v) is 4.77. The van der Waals surface area contributed by atoms with E-state index in [9.17, 15) is 0 Å². The fraction of sp³-hybridized carbons (Fsp3) is 0.267. The van der Waals surface area contributed by atoms with Gasteiger partial charge < -0.3 is 9.47 Å². The van der Waals surface area contributed by atoms with Crippen molar-refractivity contribution in [3.8, 4) is 11.5 Å². The van der Waals surface area contributed by atoms with Gasteiger partial charge in [-0.1, -0.05) is 84.9 Å². The first kappa shape index (κ1) is 20.6. The zero-order valence-corrected chi connectivity index (χ0v) is 18.6. The van der Waals surface area contributed by atoms with Crippen LogP contribution in [0.5, 0.6) is 11.5 Å². The van der Waals surface area contributed by atoms with Gasteiger partial charge in [0.25, 0.3) is 0 Å². The van der Waals surface area contributed by atoms with Crippen LogP contribution in [0.25, 0.3) is 10.8 Å². The second-order valence-electron chi connectivity index (χ2n) is 8.54. The Morgan fingerprint density at radius 1 is 0.500 bits per heavy atom. The molecule has 5 rings (SSSR count). The SMILES string of the molecule is c1ccc(CCOc2c3c(c(OCCc4ccccc4)c4ccccc24)CCCC3)cc1. The van der Waals surface area contributed by atoms with Crippen LogP contribution in [-0.4, -0.2) is 13.2 Å². The lowest BCUT2D eigenvalue weighted by atomic mass is 9.87. The molecule has 0 aromatic heterocycles. The van der Waals surface area contributed by atoms with E-state index in [2.05, 4.69) is 84.9 Å². The number of rotatable bonds is 8. The quantitative estimate of drug-likeness (QED) is 0.305. The third-order valence-electron chi connectivity index (χ3n) is 6.39. The number of hydrogen-bond donors (Lipinski definition) is 0. The van der Waals surface area contributed by atoms with Crippen LogP contribution in [0.3, 0.4) is 0 Å². The molecule has 0 saturated heterocycles. The molecule has 162 valence electrons. The highest BCUT2D eigenvalue weighted by Gasteiger charge is 2.23. The lowest BCUT2D eigenvalue weighted by molar-refractivity contribution is 0.310. The van der Waals surface area contributed by atoms with Gasteiger partial charge in [0, 0.05) is 34.7 Å². The Labute approximate surface area is 190 Å². The van der Waals surface area contributed by atoms with Crippen molar-refractivity contribution >= 4 is 10.8 Å². The summed E-state index contributed by atoms with van der Waals surface area (Å²) in [6, 6.07) is 29.7. The van der Waals surface area contributed by atoms with Crippen LogP contribution < -0.4 is 9.47 Å². The fourth-order valence-electron chi connectivity index (χ4n) is 4.77. The highest BCUT2D eigenvalue weighted by atomic mass is 16.5. The summed E-state index contributed by atoms with van der Waals surface area (Å²) in [5.74, 6) is 2.14. The third-order valence-corrected chi connectivity index (χ3v) is 6.39. The highest BCUT2D eigenvalue weighted by Crippen LogP contribution is 2.44. The molecule has 0 saturated carbocycles. The molecule has 0 spiro atoms. The molecular weight excluding hydrogens is 392 g/mol. The molecule has 2 heteroatoms. The van der Waals surface area contributed by atoms with Crippen LogP contribution in [0.4, 0.5) is 0 Å². The Morgan fingerprint density at radius 3 is 1.34 bits per heavy atom. The molecule has 0 bridgehead atoms. The molecule has 0 atom stereocenters. The van der Waals surface area contributed by atoms with Crippen molar-refractivity contribution < 1.29 is 9.47 Å². The smallest absolute Gasteiger partial charge is 0.130 e. The van der Waals surface area contributed by atoms with Gasteiger partial charge in [-0.05, 0) is 36.8 Å². The second kappa shape index (κ2) is 9.91. The van der Waals surface area contributed by atoms with Crippen LogP contribution in [0.2, 0.25) is 0 Å². The van der Waals surface area contributed by atoms with Crippen molar-refractivity contribution in [3.63, 3.8) is 0 Å². The Kier molecular flexibility index (Phi) is 6.39. The van der Waals surface area contributed by atoms with E-state index < -0.39 is 0 Å². The van der Waals surface area contributed by atoms with Crippen molar-refractivity contribution in [2.24, 2.45) is 0 Å². The first-order valence-corrected chi connectivity index (χ1v) is 11.8. The Morgan fingerprint density at radius 2 is 0.906 bits per heavy atom. The van der Waals surface area contributed by atoms with Crippen molar-refractivity contribution in [1.29, 1.82) is 0 Å². The maximum Gasteiger partial charge on any atom is 0.130 e. The van der Waals surface area contributed by atoms with Gasteiger partial charge in [-0.3, -0.25) is 0 Å². The third kappa shape index (κ3) is 4.50. The first-order chi connectivity index (χ1) is 15.9. The minimum atomic E-state index is 0.689. The molecule has 4 aromatic carbocycles. The minimum absolute atomic E-state index is 0.689. The van der Waals surface area contributed by atoms with Gasteiger partial charge in [0.1, 0.15) is 11.5 Å². The van der Waals surface area contributed by atoms with Crippen LogP contribution in [0, 0.1) is 0 Å². The van der Waals surface area contributed by atoms with Crippen LogP contribution in [0.15, 0.2) is 84.9 Å². The molecule has 1 aliphatic carbocycles. The molecule has 4 aromatic rings. The predicted molar refractivity (Wildman–Crippen MR) is 132 cm³/mol. The summed E-state index contributed by atoms with van der Waals surface area (Å²) < 4.78 is 13.0.